The highest BCUT2D eigenvalue weighted by Gasteiger charge is 2.41. The number of aryl methyl sites for hydroxylation is 1. The number of esters is 1. The summed E-state index contributed by atoms with van der Waals surface area (Å²) in [6.07, 6.45) is 9.32. The lowest BCUT2D eigenvalue weighted by molar-refractivity contribution is -0.936. The maximum Gasteiger partial charge on any atom is 0.326 e. The van der Waals surface area contributed by atoms with E-state index in [-0.39, 0.29) is 18.7 Å². The van der Waals surface area contributed by atoms with Gasteiger partial charge in [0.05, 0.1) is 19.1 Å². The first-order chi connectivity index (χ1) is 15.1. The molecule has 2 fully saturated rings. The number of anilines is 1. The van der Waals surface area contributed by atoms with Crippen LogP contribution in [0.25, 0.3) is 0 Å². The van der Waals surface area contributed by atoms with Gasteiger partial charge >= 0.3 is 5.97 Å². The van der Waals surface area contributed by atoms with Crippen LogP contribution < -0.4 is 10.9 Å². The van der Waals surface area contributed by atoms with Gasteiger partial charge in [0.1, 0.15) is 13.2 Å². The third-order valence-corrected chi connectivity index (χ3v) is 6.90. The topological polar surface area (TPSA) is 73.2 Å². The molecule has 31 heavy (non-hydrogen) atoms. The SMILES string of the molecule is Cc1cnc(NC[N+]2(C3CCCC3)CCCC2)c(=O)n1CC(=O)OCc1ccccc1. The van der Waals surface area contributed by atoms with Crippen LogP contribution in [0.1, 0.15) is 49.8 Å². The summed E-state index contributed by atoms with van der Waals surface area (Å²) in [5, 5.41) is 3.35. The van der Waals surface area contributed by atoms with Crippen LogP contribution in [-0.4, -0.2) is 45.8 Å². The van der Waals surface area contributed by atoms with Crippen molar-refractivity contribution in [2.45, 2.75) is 64.6 Å². The van der Waals surface area contributed by atoms with E-state index in [1.165, 1.54) is 56.2 Å². The van der Waals surface area contributed by atoms with Crippen molar-refractivity contribution in [3.8, 4) is 0 Å². The largest absolute Gasteiger partial charge is 0.459 e. The minimum Gasteiger partial charge on any atom is -0.459 e. The van der Waals surface area contributed by atoms with Gasteiger partial charge in [-0.05, 0) is 38.2 Å². The zero-order chi connectivity index (χ0) is 21.7. The molecule has 1 aromatic carbocycles. The fourth-order valence-corrected chi connectivity index (χ4v) is 5.10. The molecule has 1 saturated carbocycles. The number of likely N-dealkylation sites (tertiary alicyclic amines) is 1. The van der Waals surface area contributed by atoms with Gasteiger partial charge in [0, 0.05) is 24.7 Å². The summed E-state index contributed by atoms with van der Waals surface area (Å²) < 4.78 is 7.86. The summed E-state index contributed by atoms with van der Waals surface area (Å²) in [4.78, 5) is 29.8. The molecule has 1 aliphatic carbocycles. The first-order valence-corrected chi connectivity index (χ1v) is 11.4. The van der Waals surface area contributed by atoms with E-state index in [0.717, 1.165) is 16.7 Å². The number of hydrogen-bond acceptors (Lipinski definition) is 5. The van der Waals surface area contributed by atoms with Crippen molar-refractivity contribution < 1.29 is 14.0 Å². The Kier molecular flexibility index (Phi) is 6.70. The van der Waals surface area contributed by atoms with E-state index >= 15 is 0 Å². The maximum atomic E-state index is 13.1. The van der Waals surface area contributed by atoms with Gasteiger partial charge in [-0.15, -0.1) is 0 Å². The summed E-state index contributed by atoms with van der Waals surface area (Å²) in [6, 6.07) is 10.2. The van der Waals surface area contributed by atoms with Crippen LogP contribution in [0.2, 0.25) is 0 Å². The van der Waals surface area contributed by atoms with E-state index < -0.39 is 5.97 Å². The summed E-state index contributed by atoms with van der Waals surface area (Å²) >= 11 is 0. The molecule has 1 aliphatic heterocycles. The highest BCUT2D eigenvalue weighted by molar-refractivity contribution is 5.69. The Morgan fingerprint density at radius 1 is 1.16 bits per heavy atom. The second kappa shape index (κ2) is 9.64. The van der Waals surface area contributed by atoms with Crippen molar-refractivity contribution in [1.82, 2.24) is 9.55 Å². The Hall–Kier alpha value is -2.67. The van der Waals surface area contributed by atoms with Gasteiger partial charge < -0.3 is 14.5 Å². The highest BCUT2D eigenvalue weighted by atomic mass is 16.5. The number of carbonyl (C=O) groups is 1. The molecule has 2 heterocycles. The second-order valence-electron chi connectivity index (χ2n) is 8.93. The van der Waals surface area contributed by atoms with Crippen LogP contribution in [0.3, 0.4) is 0 Å². The van der Waals surface area contributed by atoms with E-state index in [4.69, 9.17) is 4.74 Å². The van der Waals surface area contributed by atoms with Crippen molar-refractivity contribution in [3.63, 3.8) is 0 Å². The molecule has 7 heteroatoms. The molecule has 2 aromatic rings. The number of benzene rings is 1. The van der Waals surface area contributed by atoms with Gasteiger partial charge in [0.25, 0.3) is 5.56 Å². The lowest BCUT2D eigenvalue weighted by atomic mass is 10.2. The first-order valence-electron chi connectivity index (χ1n) is 11.4. The van der Waals surface area contributed by atoms with E-state index in [9.17, 15) is 9.59 Å². The minimum atomic E-state index is -0.430. The lowest BCUT2D eigenvalue weighted by Gasteiger charge is -2.40. The fourth-order valence-electron chi connectivity index (χ4n) is 5.10. The Balaban J connectivity index is 1.42. The Bertz CT molecular complexity index is 945. The van der Waals surface area contributed by atoms with Crippen LogP contribution in [0, 0.1) is 6.92 Å². The van der Waals surface area contributed by atoms with Crippen molar-refractivity contribution in [1.29, 1.82) is 0 Å². The maximum absolute atomic E-state index is 13.1. The van der Waals surface area contributed by atoms with Gasteiger partial charge in [-0.25, -0.2) is 4.98 Å². The van der Waals surface area contributed by atoms with Crippen LogP contribution in [0.5, 0.6) is 0 Å². The standard InChI is InChI=1S/C24H33N4O3/c1-19-15-25-23(26-18-28(13-7-8-14-28)21-11-5-6-12-21)24(30)27(19)16-22(29)31-17-20-9-3-2-4-10-20/h2-4,9-10,15,21H,5-8,11-14,16-18H2,1H3,(H,25,26)/q+1. The molecule has 4 rings (SSSR count). The summed E-state index contributed by atoms with van der Waals surface area (Å²) in [6.45, 7) is 4.94. The third-order valence-electron chi connectivity index (χ3n) is 6.90. The highest BCUT2D eigenvalue weighted by Crippen LogP contribution is 2.33. The van der Waals surface area contributed by atoms with Crippen molar-refractivity contribution in [2.75, 3.05) is 25.1 Å². The zero-order valence-electron chi connectivity index (χ0n) is 18.4. The molecule has 0 atom stereocenters. The molecule has 0 unspecified atom stereocenters. The Morgan fingerprint density at radius 3 is 2.58 bits per heavy atom. The lowest BCUT2D eigenvalue weighted by Crippen LogP contribution is -2.55. The third kappa shape index (κ3) is 4.98. The van der Waals surface area contributed by atoms with E-state index in [1.54, 1.807) is 13.1 Å². The zero-order valence-corrected chi connectivity index (χ0v) is 18.4. The fraction of sp³-hybridized carbons (Fsp3) is 0.542. The molecule has 0 amide bonds. The van der Waals surface area contributed by atoms with Crippen LogP contribution in [0.4, 0.5) is 5.82 Å². The summed E-state index contributed by atoms with van der Waals surface area (Å²) in [5.41, 5.74) is 1.30. The summed E-state index contributed by atoms with van der Waals surface area (Å²) in [7, 11) is 0. The van der Waals surface area contributed by atoms with Crippen LogP contribution >= 0.6 is 0 Å². The molecule has 0 bridgehead atoms. The minimum absolute atomic E-state index is 0.114. The number of ether oxygens (including phenoxy) is 1. The first kappa shape index (κ1) is 21.6. The van der Waals surface area contributed by atoms with Crippen molar-refractivity contribution in [2.24, 2.45) is 0 Å². The Labute approximate surface area is 183 Å². The normalized spacial score (nSPS) is 18.2. The van der Waals surface area contributed by atoms with E-state index in [2.05, 4.69) is 10.3 Å². The number of rotatable bonds is 8. The molecule has 1 aromatic heterocycles. The quantitative estimate of drug-likeness (QED) is 0.519. The predicted molar refractivity (Wildman–Crippen MR) is 119 cm³/mol. The van der Waals surface area contributed by atoms with Crippen LogP contribution in [0.15, 0.2) is 41.3 Å². The number of quaternary nitrogens is 1. The molecule has 166 valence electrons. The number of nitrogens with zero attached hydrogens (tertiary/aromatic N) is 3. The number of aromatic nitrogens is 2. The van der Waals surface area contributed by atoms with Gasteiger partial charge in [-0.1, -0.05) is 30.3 Å². The van der Waals surface area contributed by atoms with Gasteiger partial charge in [0.2, 0.25) is 0 Å². The van der Waals surface area contributed by atoms with Gasteiger partial charge in [-0.3, -0.25) is 14.2 Å². The number of carbonyl (C=O) groups excluding carboxylic acids is 1. The smallest absolute Gasteiger partial charge is 0.326 e. The molecule has 1 N–H and O–H groups in total. The van der Waals surface area contributed by atoms with Gasteiger partial charge in [0.15, 0.2) is 12.5 Å². The number of hydrogen-bond donors (Lipinski definition) is 1. The van der Waals surface area contributed by atoms with Crippen molar-refractivity contribution in [3.05, 3.63) is 58.1 Å². The molecular weight excluding hydrogens is 392 g/mol. The number of nitrogens with one attached hydrogen (secondary N) is 1. The van der Waals surface area contributed by atoms with Crippen molar-refractivity contribution >= 4 is 11.8 Å². The van der Waals surface area contributed by atoms with E-state index in [0.29, 0.717) is 17.6 Å². The average Bonchev–Trinajstić information content (AvgIpc) is 3.48. The molecule has 2 aliphatic rings. The predicted octanol–water partition coefficient (Wildman–Crippen LogP) is 3.22. The Morgan fingerprint density at radius 2 is 1.87 bits per heavy atom. The monoisotopic (exact) mass is 425 g/mol. The summed E-state index contributed by atoms with van der Waals surface area (Å²) in [5.74, 6) is -0.107. The molecular formula is C24H33N4O3+. The molecule has 0 radical (unpaired) electrons. The molecule has 1 saturated heterocycles. The van der Waals surface area contributed by atoms with E-state index in [1.807, 2.05) is 30.3 Å². The average molecular weight is 426 g/mol. The van der Waals surface area contributed by atoms with Gasteiger partial charge in [-0.2, -0.15) is 0 Å². The molecule has 7 nitrogen and oxygen atoms in total. The molecule has 0 spiro atoms. The van der Waals surface area contributed by atoms with Crippen LogP contribution in [-0.2, 0) is 22.7 Å². The second-order valence-corrected chi connectivity index (χ2v) is 8.93.